The summed E-state index contributed by atoms with van der Waals surface area (Å²) in [6.07, 6.45) is 2.64. The molecule has 19 heavy (non-hydrogen) atoms. The largest absolute Gasteiger partial charge is 0.347 e. The summed E-state index contributed by atoms with van der Waals surface area (Å²) in [5.41, 5.74) is 3.29. The summed E-state index contributed by atoms with van der Waals surface area (Å²) in [5, 5.41) is 5.33. The summed E-state index contributed by atoms with van der Waals surface area (Å²) in [6, 6.07) is 6.10. The highest BCUT2D eigenvalue weighted by atomic mass is 35.5. The second kappa shape index (κ2) is 4.30. The third kappa shape index (κ3) is 1.94. The molecule has 6 heteroatoms. The Kier molecular flexibility index (Phi) is 2.58. The highest BCUT2D eigenvalue weighted by Crippen LogP contribution is 2.31. The van der Waals surface area contributed by atoms with Gasteiger partial charge in [0.1, 0.15) is 5.01 Å². The standard InChI is InChI=1S/C13H11ClN4S/c14-7-1-2-12-9(3-7)18-13(19-12)10-4-8-11(5-15-10)17-6-16-8/h1-3,6,10,15H,4-5H2,(H,16,17). The second-order valence-corrected chi connectivity index (χ2v) is 6.13. The van der Waals surface area contributed by atoms with Crippen molar-refractivity contribution >= 4 is 33.2 Å². The van der Waals surface area contributed by atoms with Crippen LogP contribution in [0.2, 0.25) is 5.02 Å². The summed E-state index contributed by atoms with van der Waals surface area (Å²) < 4.78 is 1.18. The Hall–Kier alpha value is -1.43. The first-order valence-corrected chi connectivity index (χ1v) is 7.29. The van der Waals surface area contributed by atoms with Gasteiger partial charge >= 0.3 is 0 Å². The lowest BCUT2D eigenvalue weighted by atomic mass is 10.1. The van der Waals surface area contributed by atoms with Gasteiger partial charge in [-0.25, -0.2) is 9.97 Å². The Bertz CT molecular complexity index is 748. The number of aromatic amines is 1. The SMILES string of the molecule is Clc1ccc2sc(C3Cc4nc[nH]c4CN3)nc2c1. The first kappa shape index (κ1) is 11.4. The Balaban J connectivity index is 1.71. The fourth-order valence-electron chi connectivity index (χ4n) is 2.41. The number of hydrogen-bond donors (Lipinski definition) is 2. The maximum Gasteiger partial charge on any atom is 0.111 e. The molecule has 0 bridgehead atoms. The van der Waals surface area contributed by atoms with Gasteiger partial charge in [0.05, 0.1) is 34.0 Å². The molecule has 96 valence electrons. The number of benzene rings is 1. The predicted octanol–water partition coefficient (Wildman–Crippen LogP) is 3.06. The second-order valence-electron chi connectivity index (χ2n) is 4.63. The monoisotopic (exact) mass is 290 g/mol. The topological polar surface area (TPSA) is 53.6 Å². The molecule has 1 atom stereocenters. The number of halogens is 1. The lowest BCUT2D eigenvalue weighted by Crippen LogP contribution is -2.28. The van der Waals surface area contributed by atoms with E-state index < -0.39 is 0 Å². The van der Waals surface area contributed by atoms with Gasteiger partial charge in [-0.15, -0.1) is 11.3 Å². The predicted molar refractivity (Wildman–Crippen MR) is 76.5 cm³/mol. The van der Waals surface area contributed by atoms with Crippen LogP contribution in [-0.2, 0) is 13.0 Å². The molecule has 0 fully saturated rings. The van der Waals surface area contributed by atoms with Gasteiger partial charge in [-0.2, -0.15) is 0 Å². The number of nitrogens with one attached hydrogen (secondary N) is 2. The van der Waals surface area contributed by atoms with Crippen LogP contribution in [0.15, 0.2) is 24.5 Å². The van der Waals surface area contributed by atoms with Crippen LogP contribution in [0.1, 0.15) is 22.4 Å². The number of H-pyrrole nitrogens is 1. The van der Waals surface area contributed by atoms with E-state index in [0.717, 1.165) is 34.2 Å². The number of aromatic nitrogens is 3. The van der Waals surface area contributed by atoms with Crippen LogP contribution in [0.4, 0.5) is 0 Å². The molecule has 4 nitrogen and oxygen atoms in total. The van der Waals surface area contributed by atoms with Crippen LogP contribution in [0.3, 0.4) is 0 Å². The summed E-state index contributed by atoms with van der Waals surface area (Å²) in [5.74, 6) is 0. The molecule has 0 aliphatic carbocycles. The highest BCUT2D eigenvalue weighted by molar-refractivity contribution is 7.18. The van der Waals surface area contributed by atoms with Crippen LogP contribution in [0.5, 0.6) is 0 Å². The smallest absolute Gasteiger partial charge is 0.111 e. The Morgan fingerprint density at radius 3 is 3.26 bits per heavy atom. The lowest BCUT2D eigenvalue weighted by Gasteiger charge is -2.20. The van der Waals surface area contributed by atoms with Crippen molar-refractivity contribution in [3.63, 3.8) is 0 Å². The molecule has 2 aromatic heterocycles. The van der Waals surface area contributed by atoms with Crippen molar-refractivity contribution in [2.75, 3.05) is 0 Å². The van der Waals surface area contributed by atoms with Crippen molar-refractivity contribution in [2.45, 2.75) is 19.0 Å². The fraction of sp³-hybridized carbons (Fsp3) is 0.231. The van der Waals surface area contributed by atoms with Crippen molar-refractivity contribution in [2.24, 2.45) is 0 Å². The summed E-state index contributed by atoms with van der Waals surface area (Å²) in [4.78, 5) is 12.2. The van der Waals surface area contributed by atoms with Gasteiger partial charge in [-0.1, -0.05) is 11.6 Å². The molecule has 1 aliphatic heterocycles. The molecule has 3 aromatic rings. The van der Waals surface area contributed by atoms with E-state index in [9.17, 15) is 0 Å². The molecule has 0 spiro atoms. The Labute approximate surface area is 118 Å². The van der Waals surface area contributed by atoms with Crippen molar-refractivity contribution < 1.29 is 0 Å². The van der Waals surface area contributed by atoms with Crippen molar-refractivity contribution in [3.05, 3.63) is 45.9 Å². The minimum atomic E-state index is 0.243. The number of fused-ring (bicyclic) bond motifs is 2. The number of rotatable bonds is 1. The highest BCUT2D eigenvalue weighted by Gasteiger charge is 2.23. The quantitative estimate of drug-likeness (QED) is 0.724. The molecule has 0 radical (unpaired) electrons. The Morgan fingerprint density at radius 2 is 2.32 bits per heavy atom. The molecule has 1 unspecified atom stereocenters. The third-order valence-electron chi connectivity index (χ3n) is 3.39. The number of hydrogen-bond acceptors (Lipinski definition) is 4. The van der Waals surface area contributed by atoms with E-state index in [4.69, 9.17) is 11.6 Å². The molecule has 4 rings (SSSR count). The molecule has 0 saturated heterocycles. The van der Waals surface area contributed by atoms with Gasteiger partial charge in [-0.05, 0) is 18.2 Å². The van der Waals surface area contributed by atoms with E-state index in [1.807, 2.05) is 18.2 Å². The number of imidazole rings is 1. The average molecular weight is 291 g/mol. The summed E-state index contributed by atoms with van der Waals surface area (Å²) in [6.45, 7) is 0.816. The normalized spacial score (nSPS) is 18.7. The molecule has 0 amide bonds. The fourth-order valence-corrected chi connectivity index (χ4v) is 3.60. The molecular weight excluding hydrogens is 280 g/mol. The van der Waals surface area contributed by atoms with E-state index in [-0.39, 0.29) is 6.04 Å². The zero-order chi connectivity index (χ0) is 12.8. The van der Waals surface area contributed by atoms with E-state index in [1.165, 1.54) is 10.4 Å². The molecule has 1 aliphatic rings. The summed E-state index contributed by atoms with van der Waals surface area (Å²) >= 11 is 7.72. The van der Waals surface area contributed by atoms with E-state index >= 15 is 0 Å². The van der Waals surface area contributed by atoms with Gasteiger partial charge in [0.2, 0.25) is 0 Å². The average Bonchev–Trinajstić information content (AvgIpc) is 3.02. The van der Waals surface area contributed by atoms with Gasteiger partial charge in [0, 0.05) is 18.0 Å². The Morgan fingerprint density at radius 1 is 1.37 bits per heavy atom. The molecule has 1 aromatic carbocycles. The van der Waals surface area contributed by atoms with Crippen LogP contribution in [0, 0.1) is 0 Å². The van der Waals surface area contributed by atoms with E-state index in [0.29, 0.717) is 0 Å². The maximum absolute atomic E-state index is 6.00. The van der Waals surface area contributed by atoms with E-state index in [2.05, 4.69) is 20.3 Å². The number of nitrogens with zero attached hydrogens (tertiary/aromatic N) is 2. The van der Waals surface area contributed by atoms with Gasteiger partial charge < -0.3 is 10.3 Å². The maximum atomic E-state index is 6.00. The van der Waals surface area contributed by atoms with Crippen molar-refractivity contribution in [1.82, 2.24) is 20.3 Å². The molecule has 0 saturated carbocycles. The zero-order valence-corrected chi connectivity index (χ0v) is 11.6. The number of thiazole rings is 1. The first-order chi connectivity index (χ1) is 9.29. The van der Waals surface area contributed by atoms with E-state index in [1.54, 1.807) is 17.7 Å². The molecular formula is C13H11ClN4S. The minimum Gasteiger partial charge on any atom is -0.347 e. The minimum absolute atomic E-state index is 0.243. The van der Waals surface area contributed by atoms with Crippen LogP contribution in [-0.4, -0.2) is 15.0 Å². The van der Waals surface area contributed by atoms with Crippen LogP contribution in [0.25, 0.3) is 10.2 Å². The van der Waals surface area contributed by atoms with Gasteiger partial charge in [0.25, 0.3) is 0 Å². The van der Waals surface area contributed by atoms with Crippen LogP contribution >= 0.6 is 22.9 Å². The first-order valence-electron chi connectivity index (χ1n) is 6.10. The van der Waals surface area contributed by atoms with Crippen molar-refractivity contribution in [1.29, 1.82) is 0 Å². The third-order valence-corrected chi connectivity index (χ3v) is 4.78. The summed E-state index contributed by atoms with van der Waals surface area (Å²) in [7, 11) is 0. The van der Waals surface area contributed by atoms with Gasteiger partial charge in [0.15, 0.2) is 0 Å². The van der Waals surface area contributed by atoms with Gasteiger partial charge in [-0.3, -0.25) is 0 Å². The zero-order valence-electron chi connectivity index (χ0n) is 9.98. The molecule has 3 heterocycles. The lowest BCUT2D eigenvalue weighted by molar-refractivity contribution is 0.488. The van der Waals surface area contributed by atoms with Crippen LogP contribution < -0.4 is 5.32 Å². The van der Waals surface area contributed by atoms with Crippen molar-refractivity contribution in [3.8, 4) is 0 Å². The molecule has 2 N–H and O–H groups in total.